The van der Waals surface area contributed by atoms with Gasteiger partial charge < -0.3 is 10.1 Å². The minimum atomic E-state index is -0.545. The van der Waals surface area contributed by atoms with Crippen molar-refractivity contribution in [2.75, 3.05) is 11.9 Å². The van der Waals surface area contributed by atoms with Gasteiger partial charge in [0, 0.05) is 6.04 Å². The number of nitrogens with zero attached hydrogens (tertiary/aromatic N) is 1. The van der Waals surface area contributed by atoms with Crippen molar-refractivity contribution in [2.24, 2.45) is 0 Å². The molecule has 6 nitrogen and oxygen atoms in total. The van der Waals surface area contributed by atoms with Crippen LogP contribution in [0.2, 0.25) is 5.02 Å². The smallest absolute Gasteiger partial charge is 0.293 e. The van der Waals surface area contributed by atoms with Crippen LogP contribution in [0.5, 0.6) is 5.75 Å². The molecule has 0 aromatic heterocycles. The molecule has 9 heteroatoms. The summed E-state index contributed by atoms with van der Waals surface area (Å²) in [4.78, 5) is 38.2. The molecule has 0 bridgehead atoms. The average Bonchev–Trinajstić information content (AvgIpc) is 3.01. The number of amides is 3. The molecule has 1 aliphatic heterocycles. The third-order valence-electron chi connectivity index (χ3n) is 4.62. The van der Waals surface area contributed by atoms with Gasteiger partial charge in [0.1, 0.15) is 11.6 Å². The van der Waals surface area contributed by atoms with Crippen LogP contribution >= 0.6 is 23.4 Å². The molecule has 0 radical (unpaired) electrons. The highest BCUT2D eigenvalue weighted by Gasteiger charge is 2.37. The average molecular weight is 463 g/mol. The molecule has 2 aromatic rings. The largest absolute Gasteiger partial charge is 0.482 e. The van der Waals surface area contributed by atoms with Gasteiger partial charge in [-0.05, 0) is 61.0 Å². The van der Waals surface area contributed by atoms with Crippen LogP contribution in [0.1, 0.15) is 25.8 Å². The van der Waals surface area contributed by atoms with E-state index in [0.717, 1.165) is 11.8 Å². The van der Waals surface area contributed by atoms with E-state index in [0.29, 0.717) is 16.9 Å². The molecule has 0 spiro atoms. The lowest BCUT2D eigenvalue weighted by Gasteiger charge is -2.19. The second kappa shape index (κ2) is 9.98. The first kappa shape index (κ1) is 22.8. The molecule has 31 heavy (non-hydrogen) atoms. The summed E-state index contributed by atoms with van der Waals surface area (Å²) in [5, 5.41) is 2.35. The van der Waals surface area contributed by atoms with Crippen LogP contribution in [-0.2, 0) is 9.59 Å². The van der Waals surface area contributed by atoms with Crippen LogP contribution in [0.4, 0.5) is 14.9 Å². The fraction of sp³-hybridized carbons (Fsp3) is 0.227. The third kappa shape index (κ3) is 5.45. The molecule has 1 fully saturated rings. The zero-order valence-corrected chi connectivity index (χ0v) is 18.4. The van der Waals surface area contributed by atoms with Gasteiger partial charge in [0.25, 0.3) is 17.1 Å². The molecule has 3 amide bonds. The number of thioether (sulfide) groups is 1. The minimum absolute atomic E-state index is 0.0592. The summed E-state index contributed by atoms with van der Waals surface area (Å²) in [6, 6.07) is 10.4. The summed E-state index contributed by atoms with van der Waals surface area (Å²) in [5.41, 5.74) is 0.673. The van der Waals surface area contributed by atoms with Gasteiger partial charge >= 0.3 is 0 Å². The Bertz CT molecular complexity index is 1060. The normalized spacial score (nSPS) is 16.0. The summed E-state index contributed by atoms with van der Waals surface area (Å²) in [5.74, 6) is -1.15. The molecule has 1 heterocycles. The first-order valence-electron chi connectivity index (χ1n) is 9.54. The van der Waals surface area contributed by atoms with Gasteiger partial charge in [-0.1, -0.05) is 36.7 Å². The topological polar surface area (TPSA) is 75.7 Å². The van der Waals surface area contributed by atoms with E-state index in [-0.39, 0.29) is 40.3 Å². The van der Waals surface area contributed by atoms with E-state index in [4.69, 9.17) is 16.3 Å². The molecule has 0 aliphatic carbocycles. The van der Waals surface area contributed by atoms with Gasteiger partial charge in [-0.2, -0.15) is 0 Å². The van der Waals surface area contributed by atoms with E-state index in [1.807, 2.05) is 13.8 Å². The van der Waals surface area contributed by atoms with Crippen LogP contribution in [0.15, 0.2) is 47.4 Å². The standard InChI is InChI=1S/C22H20ClFN2O4S/c1-3-13(2)26-21(28)19(31-22(26)29)11-14-8-9-18(15(23)10-14)30-12-20(27)25-17-7-5-4-6-16(17)24/h4-11,13H,3,12H2,1-2H3,(H,25,27)/b19-11+/t13-/m1/s1. The number of para-hydroxylation sites is 1. The Balaban J connectivity index is 1.64. The van der Waals surface area contributed by atoms with Crippen molar-refractivity contribution in [2.45, 2.75) is 26.3 Å². The molecule has 3 rings (SSSR count). The van der Waals surface area contributed by atoms with E-state index in [2.05, 4.69) is 5.32 Å². The molecule has 1 N–H and O–H groups in total. The SMILES string of the molecule is CC[C@@H](C)N1C(=O)S/C(=C/c2ccc(OCC(=O)Nc3ccccc3F)c(Cl)c2)C1=O. The number of hydrogen-bond donors (Lipinski definition) is 1. The predicted octanol–water partition coefficient (Wildman–Crippen LogP) is 5.33. The molecule has 1 saturated heterocycles. The van der Waals surface area contributed by atoms with Crippen molar-refractivity contribution in [3.63, 3.8) is 0 Å². The van der Waals surface area contributed by atoms with Gasteiger partial charge in [-0.25, -0.2) is 4.39 Å². The van der Waals surface area contributed by atoms with Crippen LogP contribution in [-0.4, -0.2) is 34.6 Å². The summed E-state index contributed by atoms with van der Waals surface area (Å²) < 4.78 is 19.0. The maximum atomic E-state index is 13.6. The van der Waals surface area contributed by atoms with E-state index < -0.39 is 11.7 Å². The Morgan fingerprint density at radius 1 is 1.29 bits per heavy atom. The maximum Gasteiger partial charge on any atom is 0.293 e. The van der Waals surface area contributed by atoms with Gasteiger partial charge in [-0.3, -0.25) is 19.3 Å². The summed E-state index contributed by atoms with van der Waals surface area (Å²) in [7, 11) is 0. The van der Waals surface area contributed by atoms with Crippen LogP contribution in [0, 0.1) is 5.82 Å². The fourth-order valence-corrected chi connectivity index (χ4v) is 3.98. The van der Waals surface area contributed by atoms with Gasteiger partial charge in [0.15, 0.2) is 6.61 Å². The highest BCUT2D eigenvalue weighted by atomic mass is 35.5. The third-order valence-corrected chi connectivity index (χ3v) is 5.79. The van der Waals surface area contributed by atoms with Crippen molar-refractivity contribution >= 4 is 52.2 Å². The van der Waals surface area contributed by atoms with Crippen molar-refractivity contribution in [3.05, 3.63) is 63.8 Å². The molecule has 1 aliphatic rings. The summed E-state index contributed by atoms with van der Waals surface area (Å²) >= 11 is 7.12. The molecule has 1 atom stereocenters. The van der Waals surface area contributed by atoms with Gasteiger partial charge in [0.05, 0.1) is 15.6 Å². The first-order valence-corrected chi connectivity index (χ1v) is 10.7. The number of nitrogens with one attached hydrogen (secondary N) is 1. The predicted molar refractivity (Wildman–Crippen MR) is 120 cm³/mol. The lowest BCUT2D eigenvalue weighted by Crippen LogP contribution is -2.36. The Labute approximate surface area is 188 Å². The second-order valence-corrected chi connectivity index (χ2v) is 8.22. The van der Waals surface area contributed by atoms with Crippen LogP contribution in [0.25, 0.3) is 6.08 Å². The molecular weight excluding hydrogens is 443 g/mol. The van der Waals surface area contributed by atoms with Gasteiger partial charge in [-0.15, -0.1) is 0 Å². The number of ether oxygens (including phenoxy) is 1. The van der Waals surface area contributed by atoms with Crippen molar-refractivity contribution < 1.29 is 23.5 Å². The van der Waals surface area contributed by atoms with E-state index in [9.17, 15) is 18.8 Å². The van der Waals surface area contributed by atoms with Crippen LogP contribution in [0.3, 0.4) is 0 Å². The Morgan fingerprint density at radius 2 is 2.03 bits per heavy atom. The minimum Gasteiger partial charge on any atom is -0.482 e. The van der Waals surface area contributed by atoms with E-state index in [1.165, 1.54) is 23.1 Å². The van der Waals surface area contributed by atoms with E-state index >= 15 is 0 Å². The zero-order chi connectivity index (χ0) is 22.5. The molecule has 2 aromatic carbocycles. The second-order valence-electron chi connectivity index (χ2n) is 6.82. The van der Waals surface area contributed by atoms with Gasteiger partial charge in [0.2, 0.25) is 0 Å². The molecule has 0 saturated carbocycles. The van der Waals surface area contributed by atoms with E-state index in [1.54, 1.807) is 30.3 Å². The molecule has 0 unspecified atom stereocenters. The number of anilines is 1. The lowest BCUT2D eigenvalue weighted by atomic mass is 10.2. The zero-order valence-electron chi connectivity index (χ0n) is 16.9. The van der Waals surface area contributed by atoms with Crippen LogP contribution < -0.4 is 10.1 Å². The van der Waals surface area contributed by atoms with Crippen molar-refractivity contribution in [1.29, 1.82) is 0 Å². The Morgan fingerprint density at radius 3 is 2.71 bits per heavy atom. The quantitative estimate of drug-likeness (QED) is 0.563. The Kier molecular flexibility index (Phi) is 7.35. The summed E-state index contributed by atoms with van der Waals surface area (Å²) in [6.07, 6.45) is 2.27. The number of benzene rings is 2. The lowest BCUT2D eigenvalue weighted by molar-refractivity contribution is -0.124. The molecule has 162 valence electrons. The highest BCUT2D eigenvalue weighted by Crippen LogP contribution is 2.35. The molecular formula is C22H20ClFN2O4S. The highest BCUT2D eigenvalue weighted by molar-refractivity contribution is 8.18. The van der Waals surface area contributed by atoms with Crippen molar-refractivity contribution in [1.82, 2.24) is 4.90 Å². The number of hydrogen-bond acceptors (Lipinski definition) is 5. The summed E-state index contributed by atoms with van der Waals surface area (Å²) in [6.45, 7) is 3.37. The number of carbonyl (C=O) groups excluding carboxylic acids is 3. The number of imide groups is 1. The number of carbonyl (C=O) groups is 3. The number of rotatable bonds is 7. The Hall–Kier alpha value is -2.84. The maximum absolute atomic E-state index is 13.6. The monoisotopic (exact) mass is 462 g/mol. The van der Waals surface area contributed by atoms with Crippen molar-refractivity contribution in [3.8, 4) is 5.75 Å². The fourth-order valence-electron chi connectivity index (χ4n) is 2.81. The first-order chi connectivity index (χ1) is 14.8. The number of halogens is 2.